The smallest absolute Gasteiger partial charge is 0.305 e. The average molecular weight is 384 g/mol. The number of hydrogen-bond donors (Lipinski definition) is 0. The molecule has 27 heavy (non-hydrogen) atoms. The first-order valence-electron chi connectivity index (χ1n) is 9.46. The minimum Gasteiger partial charge on any atom is -0.469 e. The maximum absolute atomic E-state index is 11.5. The van der Waals surface area contributed by atoms with Crippen molar-refractivity contribution in [3.8, 4) is 0 Å². The summed E-state index contributed by atoms with van der Waals surface area (Å²) in [6.07, 6.45) is 4.88. The van der Waals surface area contributed by atoms with E-state index in [-0.39, 0.29) is 5.97 Å². The Balaban J connectivity index is 1.65. The highest BCUT2D eigenvalue weighted by Crippen LogP contribution is 2.26. The van der Waals surface area contributed by atoms with E-state index in [9.17, 15) is 4.79 Å². The zero-order chi connectivity index (χ0) is 19.1. The number of ether oxygens (including phenoxy) is 1. The van der Waals surface area contributed by atoms with Crippen LogP contribution < -0.4 is 0 Å². The van der Waals surface area contributed by atoms with Gasteiger partial charge in [0.15, 0.2) is 0 Å². The lowest BCUT2D eigenvalue weighted by Gasteiger charge is -2.15. The van der Waals surface area contributed by atoms with Crippen molar-refractivity contribution in [2.75, 3.05) is 26.7 Å². The molecule has 0 N–H and O–H groups in total. The number of carbonyl (C=O) groups excluding carboxylic acids is 1. The molecule has 0 saturated carbocycles. The molecule has 0 aromatic heterocycles. The number of halogens is 1. The monoisotopic (exact) mass is 383 g/mol. The Kier molecular flexibility index (Phi) is 7.08. The predicted octanol–water partition coefficient (Wildman–Crippen LogP) is 5.05. The molecular weight excluding hydrogens is 358 g/mol. The quantitative estimate of drug-likeness (QED) is 0.627. The minimum absolute atomic E-state index is 0.101. The van der Waals surface area contributed by atoms with Crippen LogP contribution in [-0.4, -0.2) is 37.6 Å². The van der Waals surface area contributed by atoms with Crippen LogP contribution in [0.1, 0.15) is 30.4 Å². The Morgan fingerprint density at radius 3 is 2.56 bits per heavy atom. The van der Waals surface area contributed by atoms with E-state index in [0.29, 0.717) is 12.3 Å². The third-order valence-electron chi connectivity index (χ3n) is 5.09. The number of methoxy groups -OCH3 is 1. The molecule has 3 nitrogen and oxygen atoms in total. The molecule has 4 heteroatoms. The Labute approximate surface area is 166 Å². The largest absolute Gasteiger partial charge is 0.469 e. The summed E-state index contributed by atoms with van der Waals surface area (Å²) < 4.78 is 4.79. The lowest BCUT2D eigenvalue weighted by molar-refractivity contribution is -0.141. The first-order chi connectivity index (χ1) is 13.2. The van der Waals surface area contributed by atoms with Gasteiger partial charge >= 0.3 is 5.97 Å². The molecule has 3 rings (SSSR count). The fraction of sp³-hybridized carbons (Fsp3) is 0.348. The minimum atomic E-state index is -0.101. The highest BCUT2D eigenvalue weighted by Gasteiger charge is 2.24. The third-order valence-corrected chi connectivity index (χ3v) is 5.34. The molecule has 1 saturated heterocycles. The third kappa shape index (κ3) is 5.69. The molecule has 1 aliphatic heterocycles. The SMILES string of the molecule is COC(=O)CC1CCN(CC/C=C(\c2ccccc2)c2ccc(Cl)cc2)C1. The van der Waals surface area contributed by atoms with Crippen LogP contribution in [0.25, 0.3) is 5.57 Å². The molecule has 0 aliphatic carbocycles. The van der Waals surface area contributed by atoms with E-state index in [1.807, 2.05) is 18.2 Å². The van der Waals surface area contributed by atoms with Crippen LogP contribution in [0.15, 0.2) is 60.7 Å². The summed E-state index contributed by atoms with van der Waals surface area (Å²) in [6.45, 7) is 3.03. The summed E-state index contributed by atoms with van der Waals surface area (Å²) in [5.41, 5.74) is 3.62. The Bertz CT molecular complexity index is 771. The van der Waals surface area contributed by atoms with E-state index < -0.39 is 0 Å². The average Bonchev–Trinajstić information content (AvgIpc) is 3.14. The van der Waals surface area contributed by atoms with Crippen LogP contribution in [0, 0.1) is 5.92 Å². The van der Waals surface area contributed by atoms with Crippen molar-refractivity contribution in [2.24, 2.45) is 5.92 Å². The van der Waals surface area contributed by atoms with Crippen molar-refractivity contribution in [1.29, 1.82) is 0 Å². The van der Waals surface area contributed by atoms with Gasteiger partial charge in [-0.05, 0) is 54.1 Å². The topological polar surface area (TPSA) is 29.5 Å². The molecule has 0 bridgehead atoms. The van der Waals surface area contributed by atoms with Crippen LogP contribution in [-0.2, 0) is 9.53 Å². The molecule has 1 atom stereocenters. The Hall–Kier alpha value is -2.10. The normalized spacial score (nSPS) is 17.9. The Morgan fingerprint density at radius 1 is 1.15 bits per heavy atom. The molecule has 2 aromatic carbocycles. The number of rotatable bonds is 7. The van der Waals surface area contributed by atoms with Gasteiger partial charge in [0, 0.05) is 24.5 Å². The molecule has 2 aromatic rings. The van der Waals surface area contributed by atoms with E-state index in [1.165, 1.54) is 23.8 Å². The van der Waals surface area contributed by atoms with Gasteiger partial charge in [0.2, 0.25) is 0 Å². The van der Waals surface area contributed by atoms with Crippen LogP contribution >= 0.6 is 11.6 Å². The second-order valence-electron chi connectivity index (χ2n) is 7.01. The summed E-state index contributed by atoms with van der Waals surface area (Å²) in [7, 11) is 1.46. The highest BCUT2D eigenvalue weighted by molar-refractivity contribution is 6.30. The summed E-state index contributed by atoms with van der Waals surface area (Å²) in [4.78, 5) is 13.9. The second-order valence-corrected chi connectivity index (χ2v) is 7.45. The summed E-state index contributed by atoms with van der Waals surface area (Å²) >= 11 is 6.05. The first-order valence-corrected chi connectivity index (χ1v) is 9.84. The van der Waals surface area contributed by atoms with E-state index in [1.54, 1.807) is 0 Å². The summed E-state index contributed by atoms with van der Waals surface area (Å²) in [5, 5.41) is 0.750. The highest BCUT2D eigenvalue weighted by atomic mass is 35.5. The number of likely N-dealkylation sites (tertiary alicyclic amines) is 1. The summed E-state index contributed by atoms with van der Waals surface area (Å²) in [6, 6.07) is 18.5. The van der Waals surface area contributed by atoms with E-state index in [2.05, 4.69) is 47.4 Å². The molecule has 0 spiro atoms. The van der Waals surface area contributed by atoms with Crippen LogP contribution in [0.2, 0.25) is 5.02 Å². The number of benzene rings is 2. The number of nitrogens with zero attached hydrogens (tertiary/aromatic N) is 1. The molecule has 142 valence electrons. The first kappa shape index (κ1) is 19.7. The molecule has 1 unspecified atom stereocenters. The maximum atomic E-state index is 11.5. The van der Waals surface area contributed by atoms with Gasteiger partial charge in [0.25, 0.3) is 0 Å². The molecule has 0 amide bonds. The van der Waals surface area contributed by atoms with E-state index >= 15 is 0 Å². The fourth-order valence-electron chi connectivity index (χ4n) is 3.64. The molecule has 0 radical (unpaired) electrons. The molecule has 1 aliphatic rings. The van der Waals surface area contributed by atoms with Gasteiger partial charge in [0.05, 0.1) is 7.11 Å². The van der Waals surface area contributed by atoms with Gasteiger partial charge < -0.3 is 9.64 Å². The van der Waals surface area contributed by atoms with E-state index in [0.717, 1.165) is 37.5 Å². The van der Waals surface area contributed by atoms with Gasteiger partial charge in [-0.1, -0.05) is 60.1 Å². The van der Waals surface area contributed by atoms with Gasteiger partial charge in [-0.15, -0.1) is 0 Å². The summed E-state index contributed by atoms with van der Waals surface area (Å²) in [5.74, 6) is 0.321. The van der Waals surface area contributed by atoms with Gasteiger partial charge in [0.1, 0.15) is 0 Å². The fourth-order valence-corrected chi connectivity index (χ4v) is 3.77. The maximum Gasteiger partial charge on any atom is 0.305 e. The molecule has 1 fully saturated rings. The van der Waals surface area contributed by atoms with Crippen molar-refractivity contribution >= 4 is 23.1 Å². The lowest BCUT2D eigenvalue weighted by Crippen LogP contribution is -2.22. The van der Waals surface area contributed by atoms with Crippen LogP contribution in [0.4, 0.5) is 0 Å². The van der Waals surface area contributed by atoms with Crippen molar-refractivity contribution < 1.29 is 9.53 Å². The van der Waals surface area contributed by atoms with Gasteiger partial charge in [-0.3, -0.25) is 4.79 Å². The molecule has 1 heterocycles. The predicted molar refractivity (Wildman–Crippen MR) is 111 cm³/mol. The van der Waals surface area contributed by atoms with Crippen LogP contribution in [0.3, 0.4) is 0 Å². The van der Waals surface area contributed by atoms with Gasteiger partial charge in [-0.25, -0.2) is 0 Å². The number of hydrogen-bond acceptors (Lipinski definition) is 3. The number of carbonyl (C=O) groups is 1. The zero-order valence-electron chi connectivity index (χ0n) is 15.7. The van der Waals surface area contributed by atoms with Gasteiger partial charge in [-0.2, -0.15) is 0 Å². The zero-order valence-corrected chi connectivity index (χ0v) is 16.5. The van der Waals surface area contributed by atoms with Crippen molar-refractivity contribution in [3.63, 3.8) is 0 Å². The second kappa shape index (κ2) is 9.72. The van der Waals surface area contributed by atoms with Crippen molar-refractivity contribution in [3.05, 3.63) is 76.8 Å². The standard InChI is InChI=1S/C23H26ClNO2/c1-27-23(26)16-18-13-15-25(17-18)14-5-8-22(19-6-3-2-4-7-19)20-9-11-21(24)12-10-20/h2-4,6-12,18H,5,13-17H2,1H3/b22-8+. The Morgan fingerprint density at radius 2 is 1.85 bits per heavy atom. The van der Waals surface area contributed by atoms with Crippen molar-refractivity contribution in [2.45, 2.75) is 19.3 Å². The van der Waals surface area contributed by atoms with Crippen LogP contribution in [0.5, 0.6) is 0 Å². The number of esters is 1. The lowest BCUT2D eigenvalue weighted by atomic mass is 9.97. The molecular formula is C23H26ClNO2. The van der Waals surface area contributed by atoms with E-state index in [4.69, 9.17) is 16.3 Å². The van der Waals surface area contributed by atoms with Crippen molar-refractivity contribution in [1.82, 2.24) is 4.90 Å².